The molecule has 1 amide bonds. The maximum atomic E-state index is 12.3. The van der Waals surface area contributed by atoms with Gasteiger partial charge in [0.15, 0.2) is 0 Å². The predicted molar refractivity (Wildman–Crippen MR) is 60.4 cm³/mol. The number of likely N-dealkylation sites (N-methyl/N-ethyl adjacent to an activating group) is 1. The number of nitriles is 1. The van der Waals surface area contributed by atoms with Crippen LogP contribution in [0.2, 0.25) is 0 Å². The molecule has 0 spiro atoms. The van der Waals surface area contributed by atoms with Gasteiger partial charge in [0.25, 0.3) is 0 Å². The summed E-state index contributed by atoms with van der Waals surface area (Å²) in [6.07, 6.45) is 1.13. The van der Waals surface area contributed by atoms with Gasteiger partial charge < -0.3 is 10.2 Å². The number of amides is 1. The summed E-state index contributed by atoms with van der Waals surface area (Å²) in [5, 5.41) is 12.2. The maximum absolute atomic E-state index is 12.3. The number of nitrogens with zero attached hydrogens (tertiary/aromatic N) is 2. The van der Waals surface area contributed by atoms with Gasteiger partial charge in [0.05, 0.1) is 12.1 Å². The minimum atomic E-state index is -0.174. The van der Waals surface area contributed by atoms with Crippen LogP contribution >= 0.6 is 0 Å². The third kappa shape index (κ3) is 1.69. The van der Waals surface area contributed by atoms with Gasteiger partial charge in [0, 0.05) is 6.54 Å². The van der Waals surface area contributed by atoms with E-state index in [0.29, 0.717) is 11.8 Å². The average Bonchev–Trinajstić information content (AvgIpc) is 2.90. The van der Waals surface area contributed by atoms with Gasteiger partial charge in [-0.2, -0.15) is 5.26 Å². The number of hydrogen-bond donors (Lipinski definition) is 1. The Labute approximate surface area is 96.6 Å². The van der Waals surface area contributed by atoms with Crippen LogP contribution in [0.4, 0.5) is 0 Å². The number of fused-ring (bicyclic) bond motifs is 1. The first-order chi connectivity index (χ1) is 7.60. The van der Waals surface area contributed by atoms with Crippen LogP contribution in [0.1, 0.15) is 20.3 Å². The maximum Gasteiger partial charge on any atom is 0.241 e. The fraction of sp³-hybridized carbons (Fsp3) is 0.833. The highest BCUT2D eigenvalue weighted by molar-refractivity contribution is 5.83. The van der Waals surface area contributed by atoms with Crippen LogP contribution in [0.25, 0.3) is 0 Å². The van der Waals surface area contributed by atoms with E-state index in [-0.39, 0.29) is 23.9 Å². The van der Waals surface area contributed by atoms with Crippen molar-refractivity contribution in [3.8, 4) is 6.07 Å². The van der Waals surface area contributed by atoms with Crippen molar-refractivity contribution < 1.29 is 4.79 Å². The Morgan fingerprint density at radius 3 is 2.75 bits per heavy atom. The number of carbonyl (C=O) groups is 1. The standard InChI is InChI=1S/C12H19N3O/c1-7(2)11(14-3)12(16)15-6-8-4-9(8)10(15)5-13/h7-11,14H,4,6H2,1-3H3. The molecule has 4 heteroatoms. The van der Waals surface area contributed by atoms with E-state index < -0.39 is 0 Å². The van der Waals surface area contributed by atoms with Gasteiger partial charge >= 0.3 is 0 Å². The zero-order chi connectivity index (χ0) is 11.9. The van der Waals surface area contributed by atoms with Crippen molar-refractivity contribution in [1.29, 1.82) is 5.26 Å². The molecule has 88 valence electrons. The molecule has 1 aliphatic heterocycles. The van der Waals surface area contributed by atoms with Crippen molar-refractivity contribution in [2.75, 3.05) is 13.6 Å². The van der Waals surface area contributed by atoms with Crippen molar-refractivity contribution in [1.82, 2.24) is 10.2 Å². The number of likely N-dealkylation sites (tertiary alicyclic amines) is 1. The van der Waals surface area contributed by atoms with Gasteiger partial charge in [0.2, 0.25) is 5.91 Å². The molecule has 0 aromatic carbocycles. The summed E-state index contributed by atoms with van der Waals surface area (Å²) in [5.74, 6) is 1.40. The molecule has 0 radical (unpaired) electrons. The highest BCUT2D eigenvalue weighted by Gasteiger charge is 2.54. The smallest absolute Gasteiger partial charge is 0.241 e. The molecule has 16 heavy (non-hydrogen) atoms. The van der Waals surface area contributed by atoms with Crippen molar-refractivity contribution in [2.45, 2.75) is 32.4 Å². The largest absolute Gasteiger partial charge is 0.325 e. The molecule has 0 bridgehead atoms. The molecule has 1 saturated carbocycles. The number of carbonyl (C=O) groups excluding carboxylic acids is 1. The first-order valence-electron chi connectivity index (χ1n) is 5.97. The number of piperidine rings is 1. The van der Waals surface area contributed by atoms with E-state index >= 15 is 0 Å². The lowest BCUT2D eigenvalue weighted by molar-refractivity contribution is -0.135. The molecule has 4 nitrogen and oxygen atoms in total. The Balaban J connectivity index is 2.07. The zero-order valence-electron chi connectivity index (χ0n) is 10.1. The van der Waals surface area contributed by atoms with Gasteiger partial charge in [0.1, 0.15) is 6.04 Å². The Morgan fingerprint density at radius 1 is 1.56 bits per heavy atom. The van der Waals surface area contributed by atoms with E-state index in [0.717, 1.165) is 13.0 Å². The summed E-state index contributed by atoms with van der Waals surface area (Å²) >= 11 is 0. The van der Waals surface area contributed by atoms with E-state index in [1.165, 1.54) is 0 Å². The van der Waals surface area contributed by atoms with Gasteiger partial charge in [-0.15, -0.1) is 0 Å². The second-order valence-corrected chi connectivity index (χ2v) is 5.23. The SMILES string of the molecule is CNC(C(=O)N1CC2CC2C1C#N)C(C)C. The van der Waals surface area contributed by atoms with E-state index in [9.17, 15) is 4.79 Å². The molecule has 4 atom stereocenters. The third-order valence-corrected chi connectivity index (χ3v) is 3.81. The fourth-order valence-electron chi connectivity index (χ4n) is 2.78. The predicted octanol–water partition coefficient (Wildman–Crippen LogP) is 0.601. The third-order valence-electron chi connectivity index (χ3n) is 3.81. The van der Waals surface area contributed by atoms with Crippen LogP contribution in [0, 0.1) is 29.1 Å². The van der Waals surface area contributed by atoms with Gasteiger partial charge in [-0.1, -0.05) is 13.8 Å². The van der Waals surface area contributed by atoms with Crippen LogP contribution in [0.15, 0.2) is 0 Å². The minimum Gasteiger partial charge on any atom is -0.325 e. The van der Waals surface area contributed by atoms with Crippen LogP contribution in [-0.4, -0.2) is 36.5 Å². The highest BCUT2D eigenvalue weighted by atomic mass is 16.2. The molecular weight excluding hydrogens is 202 g/mol. The summed E-state index contributed by atoms with van der Waals surface area (Å²) in [5.41, 5.74) is 0. The number of hydrogen-bond acceptors (Lipinski definition) is 3. The van der Waals surface area contributed by atoms with E-state index in [4.69, 9.17) is 5.26 Å². The van der Waals surface area contributed by atoms with Gasteiger partial charge in [-0.25, -0.2) is 0 Å². The lowest BCUT2D eigenvalue weighted by atomic mass is 10.0. The Bertz CT molecular complexity index is 334. The normalized spacial score (nSPS) is 33.4. The minimum absolute atomic E-state index is 0.0938. The van der Waals surface area contributed by atoms with Crippen molar-refractivity contribution >= 4 is 5.91 Å². The van der Waals surface area contributed by atoms with E-state index in [1.54, 1.807) is 11.9 Å². The Hall–Kier alpha value is -1.08. The second-order valence-electron chi connectivity index (χ2n) is 5.23. The summed E-state index contributed by atoms with van der Waals surface area (Å²) in [6, 6.07) is 1.95. The molecule has 1 N–H and O–H groups in total. The number of rotatable bonds is 3. The Morgan fingerprint density at radius 2 is 2.25 bits per heavy atom. The molecule has 1 aliphatic carbocycles. The second kappa shape index (κ2) is 4.06. The average molecular weight is 221 g/mol. The summed E-state index contributed by atoms with van der Waals surface area (Å²) in [4.78, 5) is 14.0. The zero-order valence-corrected chi connectivity index (χ0v) is 10.1. The van der Waals surface area contributed by atoms with Crippen molar-refractivity contribution in [3.63, 3.8) is 0 Å². The lowest BCUT2D eigenvalue weighted by Crippen LogP contribution is -2.50. The first kappa shape index (κ1) is 11.4. The molecule has 0 aromatic heterocycles. The van der Waals surface area contributed by atoms with Gasteiger partial charge in [-0.3, -0.25) is 4.79 Å². The van der Waals surface area contributed by atoms with E-state index in [2.05, 4.69) is 11.4 Å². The quantitative estimate of drug-likeness (QED) is 0.759. The van der Waals surface area contributed by atoms with Crippen LogP contribution in [0.5, 0.6) is 0 Å². The van der Waals surface area contributed by atoms with Crippen LogP contribution in [0.3, 0.4) is 0 Å². The molecule has 4 unspecified atom stereocenters. The van der Waals surface area contributed by atoms with Crippen molar-refractivity contribution in [2.24, 2.45) is 17.8 Å². The van der Waals surface area contributed by atoms with Crippen LogP contribution in [-0.2, 0) is 4.79 Å². The highest BCUT2D eigenvalue weighted by Crippen LogP contribution is 2.49. The number of nitrogens with one attached hydrogen (secondary N) is 1. The molecule has 2 rings (SSSR count). The summed E-state index contributed by atoms with van der Waals surface area (Å²) < 4.78 is 0. The molecule has 2 fully saturated rings. The Kier molecular flexibility index (Phi) is 2.90. The lowest BCUT2D eigenvalue weighted by Gasteiger charge is -2.29. The van der Waals surface area contributed by atoms with Crippen molar-refractivity contribution in [3.05, 3.63) is 0 Å². The van der Waals surface area contributed by atoms with E-state index in [1.807, 2.05) is 13.8 Å². The molecule has 1 heterocycles. The summed E-state index contributed by atoms with van der Waals surface area (Å²) in [6.45, 7) is 4.83. The summed E-state index contributed by atoms with van der Waals surface area (Å²) in [7, 11) is 1.81. The molecular formula is C12H19N3O. The van der Waals surface area contributed by atoms with Crippen LogP contribution < -0.4 is 5.32 Å². The monoisotopic (exact) mass is 221 g/mol. The van der Waals surface area contributed by atoms with Gasteiger partial charge in [-0.05, 0) is 31.2 Å². The fourth-order valence-corrected chi connectivity index (χ4v) is 2.78. The molecule has 1 saturated heterocycles. The topological polar surface area (TPSA) is 56.1 Å². The molecule has 0 aromatic rings. The molecule has 2 aliphatic rings. The first-order valence-corrected chi connectivity index (χ1v) is 5.97.